The molecular formula is C26H22N4. The molecule has 0 radical (unpaired) electrons. The molecule has 2 heterocycles. The summed E-state index contributed by atoms with van der Waals surface area (Å²) in [6.45, 7) is 7.99. The van der Waals surface area contributed by atoms with Crippen molar-refractivity contribution < 1.29 is 0 Å². The van der Waals surface area contributed by atoms with Crippen LogP contribution in [-0.4, -0.2) is 19.9 Å². The lowest BCUT2D eigenvalue weighted by molar-refractivity contribution is 1.10. The fourth-order valence-corrected chi connectivity index (χ4v) is 3.70. The molecule has 0 aliphatic heterocycles. The van der Waals surface area contributed by atoms with Gasteiger partial charge >= 0.3 is 0 Å². The summed E-state index contributed by atoms with van der Waals surface area (Å²) in [5, 5.41) is 0. The molecule has 0 fully saturated rings. The van der Waals surface area contributed by atoms with E-state index in [1.807, 2.05) is 39.8 Å². The van der Waals surface area contributed by atoms with Crippen LogP contribution in [0.1, 0.15) is 22.8 Å². The minimum absolute atomic E-state index is 0.924. The van der Waals surface area contributed by atoms with Crippen molar-refractivity contribution in [3.63, 3.8) is 0 Å². The third kappa shape index (κ3) is 3.20. The summed E-state index contributed by atoms with van der Waals surface area (Å²) in [5.41, 5.74) is 12.2. The van der Waals surface area contributed by atoms with Crippen LogP contribution >= 0.6 is 0 Å². The fourth-order valence-electron chi connectivity index (χ4n) is 3.70. The van der Waals surface area contributed by atoms with E-state index in [0.29, 0.717) is 0 Å². The third-order valence-corrected chi connectivity index (χ3v) is 5.68. The van der Waals surface area contributed by atoms with Crippen molar-refractivity contribution >= 4 is 22.1 Å². The number of aromatic nitrogens is 4. The van der Waals surface area contributed by atoms with Crippen molar-refractivity contribution in [1.29, 1.82) is 0 Å². The van der Waals surface area contributed by atoms with E-state index in [4.69, 9.17) is 9.97 Å². The van der Waals surface area contributed by atoms with Crippen molar-refractivity contribution in [3.8, 4) is 22.3 Å². The molecule has 4 heteroatoms. The maximum atomic E-state index is 4.71. The van der Waals surface area contributed by atoms with Crippen LogP contribution in [0.3, 0.4) is 0 Å². The van der Waals surface area contributed by atoms with Crippen LogP contribution in [0.15, 0.2) is 60.7 Å². The lowest BCUT2D eigenvalue weighted by Gasteiger charge is -2.09. The Morgan fingerprint density at radius 1 is 0.400 bits per heavy atom. The predicted octanol–water partition coefficient (Wildman–Crippen LogP) is 6.14. The third-order valence-electron chi connectivity index (χ3n) is 5.68. The molecule has 0 N–H and O–H groups in total. The highest BCUT2D eigenvalue weighted by Crippen LogP contribution is 2.29. The van der Waals surface area contributed by atoms with Crippen LogP contribution in [0.25, 0.3) is 44.3 Å². The molecular weight excluding hydrogens is 368 g/mol. The summed E-state index contributed by atoms with van der Waals surface area (Å²) >= 11 is 0. The molecule has 0 saturated carbocycles. The summed E-state index contributed by atoms with van der Waals surface area (Å²) in [6.07, 6.45) is 0. The number of benzene rings is 3. The van der Waals surface area contributed by atoms with Crippen molar-refractivity contribution in [2.45, 2.75) is 27.7 Å². The summed E-state index contributed by atoms with van der Waals surface area (Å²) in [7, 11) is 0. The maximum absolute atomic E-state index is 4.71. The molecule has 0 spiro atoms. The van der Waals surface area contributed by atoms with Gasteiger partial charge in [-0.25, -0.2) is 19.9 Å². The van der Waals surface area contributed by atoms with Crippen molar-refractivity contribution in [1.82, 2.24) is 19.9 Å². The summed E-state index contributed by atoms with van der Waals surface area (Å²) in [4.78, 5) is 18.7. The highest BCUT2D eigenvalue weighted by atomic mass is 14.8. The Kier molecular flexibility index (Phi) is 4.28. The van der Waals surface area contributed by atoms with Gasteiger partial charge in [0.25, 0.3) is 0 Å². The Labute approximate surface area is 175 Å². The molecule has 0 bridgehead atoms. The van der Waals surface area contributed by atoms with Gasteiger partial charge in [-0.3, -0.25) is 0 Å². The Bertz CT molecular complexity index is 1330. The lowest BCUT2D eigenvalue weighted by atomic mass is 9.98. The minimum Gasteiger partial charge on any atom is -0.250 e. The van der Waals surface area contributed by atoms with E-state index in [1.165, 1.54) is 0 Å². The first-order valence-corrected chi connectivity index (χ1v) is 10.1. The van der Waals surface area contributed by atoms with Gasteiger partial charge in [0.1, 0.15) is 0 Å². The predicted molar refractivity (Wildman–Crippen MR) is 122 cm³/mol. The minimum atomic E-state index is 0.924. The summed E-state index contributed by atoms with van der Waals surface area (Å²) < 4.78 is 0. The van der Waals surface area contributed by atoms with E-state index in [2.05, 4.69) is 58.5 Å². The Balaban J connectivity index is 1.59. The molecule has 30 heavy (non-hydrogen) atoms. The molecule has 0 atom stereocenters. The lowest BCUT2D eigenvalue weighted by Crippen LogP contribution is -1.94. The van der Waals surface area contributed by atoms with Crippen LogP contribution in [0, 0.1) is 27.7 Å². The van der Waals surface area contributed by atoms with Gasteiger partial charge in [-0.1, -0.05) is 30.3 Å². The smallest absolute Gasteiger partial charge is 0.0896 e. The molecule has 0 amide bonds. The van der Waals surface area contributed by atoms with E-state index in [-0.39, 0.29) is 0 Å². The topological polar surface area (TPSA) is 51.6 Å². The summed E-state index contributed by atoms with van der Waals surface area (Å²) in [5.74, 6) is 0. The van der Waals surface area contributed by atoms with E-state index >= 15 is 0 Å². The molecule has 5 rings (SSSR count). The average Bonchev–Trinajstić information content (AvgIpc) is 2.75. The van der Waals surface area contributed by atoms with Crippen LogP contribution in [-0.2, 0) is 0 Å². The number of nitrogens with zero attached hydrogens (tertiary/aromatic N) is 4. The van der Waals surface area contributed by atoms with Gasteiger partial charge in [-0.05, 0) is 80.3 Å². The highest BCUT2D eigenvalue weighted by molar-refractivity contribution is 5.85. The molecule has 5 aromatic rings. The van der Waals surface area contributed by atoms with E-state index < -0.39 is 0 Å². The quantitative estimate of drug-likeness (QED) is 0.363. The molecule has 2 aromatic heterocycles. The Morgan fingerprint density at radius 3 is 1.20 bits per heavy atom. The first kappa shape index (κ1) is 18.4. The van der Waals surface area contributed by atoms with Gasteiger partial charge in [0.2, 0.25) is 0 Å². The van der Waals surface area contributed by atoms with Crippen molar-refractivity contribution in [2.75, 3.05) is 0 Å². The van der Waals surface area contributed by atoms with E-state index in [1.54, 1.807) is 0 Å². The number of fused-ring (bicyclic) bond motifs is 2. The second kappa shape index (κ2) is 6.99. The van der Waals surface area contributed by atoms with Crippen molar-refractivity contribution in [3.05, 3.63) is 83.4 Å². The van der Waals surface area contributed by atoms with Gasteiger partial charge in [-0.2, -0.15) is 0 Å². The van der Waals surface area contributed by atoms with Gasteiger partial charge in [0.15, 0.2) is 0 Å². The van der Waals surface area contributed by atoms with Crippen molar-refractivity contribution in [2.24, 2.45) is 0 Å². The number of hydrogen-bond acceptors (Lipinski definition) is 4. The first-order valence-electron chi connectivity index (χ1n) is 10.1. The monoisotopic (exact) mass is 390 g/mol. The van der Waals surface area contributed by atoms with Crippen LogP contribution < -0.4 is 0 Å². The van der Waals surface area contributed by atoms with Crippen LogP contribution in [0.2, 0.25) is 0 Å². The first-order chi connectivity index (χ1) is 14.5. The zero-order valence-electron chi connectivity index (χ0n) is 17.6. The SMILES string of the molecule is Cc1nc2ccc(-c3cccc(-c4ccc5nc(C)c(C)nc5c4)c3)cc2nc1C. The largest absolute Gasteiger partial charge is 0.250 e. The molecule has 0 aliphatic carbocycles. The number of rotatable bonds is 2. The van der Waals surface area contributed by atoms with Gasteiger partial charge in [0, 0.05) is 0 Å². The summed E-state index contributed by atoms with van der Waals surface area (Å²) in [6, 6.07) is 21.1. The number of hydrogen-bond donors (Lipinski definition) is 0. The average molecular weight is 390 g/mol. The second-order valence-corrected chi connectivity index (χ2v) is 7.78. The highest BCUT2D eigenvalue weighted by Gasteiger charge is 2.08. The maximum Gasteiger partial charge on any atom is 0.0896 e. The fraction of sp³-hybridized carbons (Fsp3) is 0.154. The van der Waals surface area contributed by atoms with Gasteiger partial charge < -0.3 is 0 Å². The van der Waals surface area contributed by atoms with Gasteiger partial charge in [0.05, 0.1) is 44.8 Å². The van der Waals surface area contributed by atoms with E-state index in [0.717, 1.165) is 67.1 Å². The second-order valence-electron chi connectivity index (χ2n) is 7.78. The zero-order valence-corrected chi connectivity index (χ0v) is 17.6. The standard InChI is InChI=1S/C26H22N4/c1-15-17(3)29-25-13-21(8-10-23(25)27-15)19-6-5-7-20(12-19)22-9-11-24-26(14-22)30-18(4)16(2)28-24/h5-14H,1-4H3. The van der Waals surface area contributed by atoms with E-state index in [9.17, 15) is 0 Å². The molecule has 0 aliphatic rings. The Morgan fingerprint density at radius 2 is 0.767 bits per heavy atom. The molecule has 146 valence electrons. The molecule has 0 unspecified atom stereocenters. The van der Waals surface area contributed by atoms with Crippen LogP contribution in [0.5, 0.6) is 0 Å². The zero-order chi connectivity index (χ0) is 20.8. The molecule has 0 saturated heterocycles. The molecule has 3 aromatic carbocycles. The Hall–Kier alpha value is -3.66. The normalized spacial score (nSPS) is 11.3. The number of aryl methyl sites for hydroxylation is 4. The molecule has 4 nitrogen and oxygen atoms in total. The van der Waals surface area contributed by atoms with Crippen LogP contribution in [0.4, 0.5) is 0 Å². The van der Waals surface area contributed by atoms with Gasteiger partial charge in [-0.15, -0.1) is 0 Å².